The molecule has 0 bridgehead atoms. The molecule has 1 atom stereocenters. The van der Waals surface area contributed by atoms with Gasteiger partial charge in [-0.3, -0.25) is 0 Å². The van der Waals surface area contributed by atoms with Crippen molar-refractivity contribution in [3.63, 3.8) is 0 Å². The van der Waals surface area contributed by atoms with Crippen LogP contribution in [-0.4, -0.2) is 0 Å². The maximum Gasteiger partial charge on any atom is 0 e. The zero-order valence-corrected chi connectivity index (χ0v) is 9.23. The van der Waals surface area contributed by atoms with Crippen LogP contribution in [0.15, 0.2) is 0 Å². The van der Waals surface area contributed by atoms with E-state index in [-0.39, 0.29) is 69.8 Å². The van der Waals surface area contributed by atoms with Crippen LogP contribution in [-0.2, 0) is 59.9 Å². The predicted molar refractivity (Wildman–Crippen MR) is 11.1 cm³/mol. The number of hydrogen-bond acceptors (Lipinski definition) is 0. The van der Waals surface area contributed by atoms with Crippen molar-refractivity contribution in [2.45, 2.75) is 0 Å². The van der Waals surface area contributed by atoms with Gasteiger partial charge in [0, 0.05) is 59.9 Å². The summed E-state index contributed by atoms with van der Waals surface area (Å²) in [5, 5.41) is 0. The van der Waals surface area contributed by atoms with Gasteiger partial charge in [-0.25, -0.2) is 0 Å². The van der Waals surface area contributed by atoms with Crippen molar-refractivity contribution in [3.05, 3.63) is 0 Å². The van der Waals surface area contributed by atoms with Crippen LogP contribution in [0.5, 0.6) is 0 Å². The summed E-state index contributed by atoms with van der Waals surface area (Å²) in [4.78, 5) is 0. The molecule has 4 heavy (non-hydrogen) atoms. The SMILES string of the molecule is P.[Au].[Ni].[W]. The first-order valence-electron chi connectivity index (χ1n) is 0. The Hall–Kier alpha value is 2.35. The summed E-state index contributed by atoms with van der Waals surface area (Å²) in [6.07, 6.45) is 0. The molecule has 0 aliphatic rings. The summed E-state index contributed by atoms with van der Waals surface area (Å²) in [6, 6.07) is 0. The summed E-state index contributed by atoms with van der Waals surface area (Å²) in [6.45, 7) is 0. The van der Waals surface area contributed by atoms with Crippen LogP contribution in [0.3, 0.4) is 0 Å². The smallest absolute Gasteiger partial charge is 0 e. The van der Waals surface area contributed by atoms with Gasteiger partial charge in [0.05, 0.1) is 0 Å². The van der Waals surface area contributed by atoms with Crippen LogP contribution in [0.1, 0.15) is 0 Å². The zero-order chi connectivity index (χ0) is 0. The van der Waals surface area contributed by atoms with Gasteiger partial charge in [0.25, 0.3) is 0 Å². The molecule has 0 rings (SSSR count). The Morgan fingerprint density at radius 2 is 1.00 bits per heavy atom. The van der Waals surface area contributed by atoms with Crippen LogP contribution in [0, 0.1) is 0 Å². The van der Waals surface area contributed by atoms with Crippen molar-refractivity contribution >= 4 is 9.90 Å². The van der Waals surface area contributed by atoms with Crippen LogP contribution >= 0.6 is 9.90 Å². The quantitative estimate of drug-likeness (QED) is 0.345. The van der Waals surface area contributed by atoms with E-state index < -0.39 is 0 Å². The van der Waals surface area contributed by atoms with E-state index in [4.69, 9.17) is 0 Å². The minimum Gasteiger partial charge on any atom is -0.153 e. The molecule has 0 heterocycles. The van der Waals surface area contributed by atoms with E-state index in [1.807, 2.05) is 0 Å². The van der Waals surface area contributed by atoms with Gasteiger partial charge >= 0.3 is 0 Å². The van der Waals surface area contributed by atoms with E-state index in [9.17, 15) is 0 Å². The second-order valence-corrected chi connectivity index (χ2v) is 0. The Kier molecular flexibility index (Phi) is 151. The van der Waals surface area contributed by atoms with Gasteiger partial charge in [-0.1, -0.05) is 0 Å². The van der Waals surface area contributed by atoms with Gasteiger partial charge < -0.3 is 0 Å². The standard InChI is InChI=1S/Au.Ni.H3P.W/h;;1H3;. The first-order valence-corrected chi connectivity index (χ1v) is 0. The number of hydrogen-bond donors (Lipinski definition) is 0. The summed E-state index contributed by atoms with van der Waals surface area (Å²) >= 11 is 0. The van der Waals surface area contributed by atoms with Gasteiger partial charge in [0.1, 0.15) is 0 Å². The molecule has 35 valence electrons. The molecular weight excluding hydrogens is 470 g/mol. The fourth-order valence-electron chi connectivity index (χ4n) is 0. The fourth-order valence-corrected chi connectivity index (χ4v) is 0. The van der Waals surface area contributed by atoms with E-state index in [0.717, 1.165) is 0 Å². The Bertz CT molecular complexity index is 8.00. The number of rotatable bonds is 0. The van der Waals surface area contributed by atoms with Crippen molar-refractivity contribution in [1.82, 2.24) is 0 Å². The average molecular weight is 473 g/mol. The second kappa shape index (κ2) is 18.3. The van der Waals surface area contributed by atoms with Crippen LogP contribution in [0.25, 0.3) is 0 Å². The molecule has 0 saturated heterocycles. The Labute approximate surface area is 69.2 Å². The van der Waals surface area contributed by atoms with Gasteiger partial charge in [0.15, 0.2) is 0 Å². The van der Waals surface area contributed by atoms with Crippen molar-refractivity contribution in [1.29, 1.82) is 0 Å². The second-order valence-electron chi connectivity index (χ2n) is 0. The minimum absolute atomic E-state index is 0. The molecule has 0 aliphatic carbocycles. The Morgan fingerprint density at radius 3 is 1.00 bits per heavy atom. The maximum absolute atomic E-state index is 0. The molecule has 0 aromatic heterocycles. The summed E-state index contributed by atoms with van der Waals surface area (Å²) in [7, 11) is 0. The summed E-state index contributed by atoms with van der Waals surface area (Å²) in [5.74, 6) is 0. The Balaban J connectivity index is 0. The molecule has 0 fully saturated rings. The third kappa shape index (κ3) is 8.84. The zero-order valence-electron chi connectivity index (χ0n) is 1.73. The molecule has 0 aromatic rings. The predicted octanol–water partition coefficient (Wildman–Crippen LogP) is 0.0506. The van der Waals surface area contributed by atoms with Crippen LogP contribution in [0.4, 0.5) is 0 Å². The summed E-state index contributed by atoms with van der Waals surface area (Å²) < 4.78 is 0. The molecular formula is H3AuNiPW. The molecule has 0 amide bonds. The van der Waals surface area contributed by atoms with Gasteiger partial charge in [0.2, 0.25) is 0 Å². The van der Waals surface area contributed by atoms with Crippen molar-refractivity contribution in [2.75, 3.05) is 0 Å². The molecule has 0 nitrogen and oxygen atoms in total. The van der Waals surface area contributed by atoms with Crippen molar-refractivity contribution < 1.29 is 59.9 Å². The fraction of sp³-hybridized carbons (Fsp3) is 0. The van der Waals surface area contributed by atoms with Gasteiger partial charge in [-0.2, -0.15) is 9.90 Å². The van der Waals surface area contributed by atoms with E-state index in [2.05, 4.69) is 0 Å². The monoisotopic (exact) mass is 473 g/mol. The molecule has 1 unspecified atom stereocenters. The van der Waals surface area contributed by atoms with Crippen LogP contribution < -0.4 is 0 Å². The topological polar surface area (TPSA) is 0 Å². The van der Waals surface area contributed by atoms with Crippen LogP contribution in [0.2, 0.25) is 0 Å². The van der Waals surface area contributed by atoms with Gasteiger partial charge in [-0.05, 0) is 0 Å². The van der Waals surface area contributed by atoms with E-state index in [0.29, 0.717) is 0 Å². The molecule has 0 spiro atoms. The molecule has 0 N–H and O–H groups in total. The summed E-state index contributed by atoms with van der Waals surface area (Å²) in [5.41, 5.74) is 0. The maximum atomic E-state index is 0. The first kappa shape index (κ1) is 32.9. The van der Waals surface area contributed by atoms with Gasteiger partial charge in [-0.15, -0.1) is 0 Å². The average Bonchev–Trinajstić information content (AvgIpc) is 0. The van der Waals surface area contributed by atoms with E-state index in [1.54, 1.807) is 0 Å². The largest absolute Gasteiger partial charge is 0.153 e. The first-order chi connectivity index (χ1) is 0. The van der Waals surface area contributed by atoms with E-state index in [1.165, 1.54) is 0 Å². The third-order valence-electron chi connectivity index (χ3n) is 0. The molecule has 1 radical (unpaired) electrons. The molecule has 0 aliphatic heterocycles. The van der Waals surface area contributed by atoms with Crippen molar-refractivity contribution in [2.24, 2.45) is 0 Å². The molecule has 0 saturated carbocycles. The molecule has 0 aromatic carbocycles. The minimum atomic E-state index is 0. The third-order valence-corrected chi connectivity index (χ3v) is 0. The van der Waals surface area contributed by atoms with Crippen molar-refractivity contribution in [3.8, 4) is 0 Å². The van der Waals surface area contributed by atoms with E-state index >= 15 is 0 Å². The Morgan fingerprint density at radius 1 is 1.00 bits per heavy atom. The normalized spacial score (nSPS) is 0. The molecule has 4 heteroatoms.